The standard InChI is InChI=1S/C15H19N5O3/c1-2-11-10(3-4-14(22)17-11)15-18-13(7-12(16)21)19-20(15)9-5-6-23-8-9/h3-4,9H,2,5-8H2,1H3,(H2,16,21)(H,17,22). The molecule has 23 heavy (non-hydrogen) atoms. The molecule has 3 heterocycles. The molecule has 1 saturated heterocycles. The molecular weight excluding hydrogens is 298 g/mol. The quantitative estimate of drug-likeness (QED) is 0.816. The third-order valence-corrected chi connectivity index (χ3v) is 3.85. The van der Waals surface area contributed by atoms with Crippen LogP contribution in [0.2, 0.25) is 0 Å². The Morgan fingerprint density at radius 1 is 1.52 bits per heavy atom. The number of carbonyl (C=O) groups is 1. The number of aryl methyl sites for hydroxylation is 1. The summed E-state index contributed by atoms with van der Waals surface area (Å²) in [6.45, 7) is 3.18. The van der Waals surface area contributed by atoms with Crippen molar-refractivity contribution in [3.63, 3.8) is 0 Å². The molecule has 0 aliphatic carbocycles. The second kappa shape index (κ2) is 6.33. The zero-order valence-corrected chi connectivity index (χ0v) is 12.9. The lowest BCUT2D eigenvalue weighted by atomic mass is 10.1. The normalized spacial score (nSPS) is 17.5. The average molecular weight is 317 g/mol. The molecule has 1 aliphatic rings. The minimum Gasteiger partial charge on any atom is -0.379 e. The lowest BCUT2D eigenvalue weighted by Gasteiger charge is -2.13. The molecule has 1 fully saturated rings. The fourth-order valence-electron chi connectivity index (χ4n) is 2.76. The van der Waals surface area contributed by atoms with E-state index in [9.17, 15) is 9.59 Å². The molecule has 0 aromatic carbocycles. The molecule has 8 heteroatoms. The van der Waals surface area contributed by atoms with Crippen molar-refractivity contribution in [2.24, 2.45) is 5.73 Å². The van der Waals surface area contributed by atoms with E-state index >= 15 is 0 Å². The Bertz CT molecular complexity index is 774. The van der Waals surface area contributed by atoms with Crippen LogP contribution < -0.4 is 11.3 Å². The van der Waals surface area contributed by atoms with E-state index < -0.39 is 5.91 Å². The van der Waals surface area contributed by atoms with Crippen LogP contribution in [0.15, 0.2) is 16.9 Å². The summed E-state index contributed by atoms with van der Waals surface area (Å²) < 4.78 is 7.22. The van der Waals surface area contributed by atoms with E-state index in [4.69, 9.17) is 10.5 Å². The van der Waals surface area contributed by atoms with E-state index in [0.29, 0.717) is 31.3 Å². The summed E-state index contributed by atoms with van der Waals surface area (Å²) in [5.74, 6) is 0.533. The molecule has 0 radical (unpaired) electrons. The van der Waals surface area contributed by atoms with Gasteiger partial charge in [0.1, 0.15) is 0 Å². The van der Waals surface area contributed by atoms with Crippen molar-refractivity contribution in [3.8, 4) is 11.4 Å². The van der Waals surface area contributed by atoms with Crippen molar-refractivity contribution in [1.29, 1.82) is 0 Å². The maximum Gasteiger partial charge on any atom is 0.248 e. The lowest BCUT2D eigenvalue weighted by Crippen LogP contribution is -2.16. The van der Waals surface area contributed by atoms with Crippen LogP contribution in [-0.4, -0.2) is 38.9 Å². The second-order valence-corrected chi connectivity index (χ2v) is 5.53. The predicted molar refractivity (Wildman–Crippen MR) is 82.8 cm³/mol. The first kappa shape index (κ1) is 15.4. The molecular formula is C15H19N5O3. The van der Waals surface area contributed by atoms with E-state index in [0.717, 1.165) is 17.7 Å². The number of amides is 1. The van der Waals surface area contributed by atoms with Crippen LogP contribution >= 0.6 is 0 Å². The summed E-state index contributed by atoms with van der Waals surface area (Å²) in [6.07, 6.45) is 1.47. The highest BCUT2D eigenvalue weighted by atomic mass is 16.5. The van der Waals surface area contributed by atoms with Crippen molar-refractivity contribution < 1.29 is 9.53 Å². The highest BCUT2D eigenvalue weighted by Gasteiger charge is 2.25. The molecule has 3 N–H and O–H groups in total. The van der Waals surface area contributed by atoms with Gasteiger partial charge in [-0.1, -0.05) is 6.92 Å². The lowest BCUT2D eigenvalue weighted by molar-refractivity contribution is -0.117. The molecule has 1 aliphatic heterocycles. The van der Waals surface area contributed by atoms with Crippen molar-refractivity contribution in [1.82, 2.24) is 19.7 Å². The van der Waals surface area contributed by atoms with Crippen molar-refractivity contribution in [3.05, 3.63) is 34.0 Å². The van der Waals surface area contributed by atoms with Crippen LogP contribution in [0, 0.1) is 0 Å². The van der Waals surface area contributed by atoms with Crippen molar-refractivity contribution >= 4 is 5.91 Å². The molecule has 2 aromatic heterocycles. The number of nitrogens with two attached hydrogens (primary N) is 1. The molecule has 2 aromatic rings. The third-order valence-electron chi connectivity index (χ3n) is 3.85. The number of ether oxygens (including phenoxy) is 1. The summed E-state index contributed by atoms with van der Waals surface area (Å²) in [6, 6.07) is 3.27. The fourth-order valence-corrected chi connectivity index (χ4v) is 2.76. The monoisotopic (exact) mass is 317 g/mol. The summed E-state index contributed by atoms with van der Waals surface area (Å²) in [7, 11) is 0. The van der Waals surface area contributed by atoms with Crippen LogP contribution in [0.4, 0.5) is 0 Å². The van der Waals surface area contributed by atoms with Crippen LogP contribution in [0.5, 0.6) is 0 Å². The molecule has 8 nitrogen and oxygen atoms in total. The van der Waals surface area contributed by atoms with Gasteiger partial charge in [0.15, 0.2) is 11.6 Å². The number of hydrogen-bond donors (Lipinski definition) is 2. The smallest absolute Gasteiger partial charge is 0.248 e. The summed E-state index contributed by atoms with van der Waals surface area (Å²) in [4.78, 5) is 30.0. The van der Waals surface area contributed by atoms with Crippen molar-refractivity contribution in [2.45, 2.75) is 32.2 Å². The molecule has 0 bridgehead atoms. The van der Waals surface area contributed by atoms with Gasteiger partial charge >= 0.3 is 0 Å². The molecule has 1 unspecified atom stereocenters. The van der Waals surface area contributed by atoms with E-state index in [1.807, 2.05) is 6.92 Å². The third kappa shape index (κ3) is 3.16. The largest absolute Gasteiger partial charge is 0.379 e. The van der Waals surface area contributed by atoms with Gasteiger partial charge in [-0.3, -0.25) is 9.59 Å². The number of rotatable bonds is 5. The first-order valence-corrected chi connectivity index (χ1v) is 7.62. The Hall–Kier alpha value is -2.48. The van der Waals surface area contributed by atoms with Gasteiger partial charge in [0.25, 0.3) is 0 Å². The topological polar surface area (TPSA) is 116 Å². The van der Waals surface area contributed by atoms with E-state index in [1.165, 1.54) is 6.07 Å². The number of aromatic amines is 1. The number of H-pyrrole nitrogens is 1. The van der Waals surface area contributed by atoms with Gasteiger partial charge < -0.3 is 15.5 Å². The minimum atomic E-state index is -0.478. The van der Waals surface area contributed by atoms with Gasteiger partial charge in [0.05, 0.1) is 19.1 Å². The SMILES string of the molecule is CCc1[nH]c(=O)ccc1-c1nc(CC(N)=O)nn1C1CCOC1. The van der Waals surface area contributed by atoms with Crippen LogP contribution in [0.3, 0.4) is 0 Å². The molecule has 122 valence electrons. The van der Waals surface area contributed by atoms with Crippen LogP contribution in [-0.2, 0) is 22.4 Å². The van der Waals surface area contributed by atoms with Gasteiger partial charge in [0.2, 0.25) is 11.5 Å². The number of hydrogen-bond acceptors (Lipinski definition) is 5. The fraction of sp³-hybridized carbons (Fsp3) is 0.467. The van der Waals surface area contributed by atoms with Gasteiger partial charge in [0, 0.05) is 23.9 Å². The Morgan fingerprint density at radius 3 is 3.00 bits per heavy atom. The average Bonchev–Trinajstić information content (AvgIpc) is 3.15. The Kier molecular flexibility index (Phi) is 4.24. The van der Waals surface area contributed by atoms with E-state index in [2.05, 4.69) is 15.1 Å². The first-order chi connectivity index (χ1) is 11.1. The molecule has 3 rings (SSSR count). The van der Waals surface area contributed by atoms with Gasteiger partial charge in [-0.15, -0.1) is 0 Å². The second-order valence-electron chi connectivity index (χ2n) is 5.53. The number of pyridine rings is 1. The Labute approximate surface area is 132 Å². The zero-order chi connectivity index (χ0) is 16.4. The van der Waals surface area contributed by atoms with Crippen LogP contribution in [0.25, 0.3) is 11.4 Å². The molecule has 1 amide bonds. The molecule has 0 saturated carbocycles. The van der Waals surface area contributed by atoms with Gasteiger partial charge in [-0.2, -0.15) is 5.10 Å². The van der Waals surface area contributed by atoms with Crippen LogP contribution in [0.1, 0.15) is 30.9 Å². The highest BCUT2D eigenvalue weighted by Crippen LogP contribution is 2.27. The summed E-state index contributed by atoms with van der Waals surface area (Å²) >= 11 is 0. The number of nitrogens with one attached hydrogen (secondary N) is 1. The number of primary amides is 1. The number of aromatic nitrogens is 4. The Morgan fingerprint density at radius 2 is 2.35 bits per heavy atom. The summed E-state index contributed by atoms with van der Waals surface area (Å²) in [5, 5.41) is 4.44. The number of carbonyl (C=O) groups excluding carboxylic acids is 1. The van der Waals surface area contributed by atoms with E-state index in [-0.39, 0.29) is 18.0 Å². The number of nitrogens with zero attached hydrogens (tertiary/aromatic N) is 3. The first-order valence-electron chi connectivity index (χ1n) is 7.62. The predicted octanol–water partition coefficient (Wildman–Crippen LogP) is 0.185. The van der Waals surface area contributed by atoms with Gasteiger partial charge in [-0.25, -0.2) is 9.67 Å². The maximum absolute atomic E-state index is 11.5. The summed E-state index contributed by atoms with van der Waals surface area (Å²) in [5.41, 5.74) is 6.69. The molecule has 0 spiro atoms. The van der Waals surface area contributed by atoms with E-state index in [1.54, 1.807) is 10.7 Å². The highest BCUT2D eigenvalue weighted by molar-refractivity contribution is 5.75. The van der Waals surface area contributed by atoms with Crippen molar-refractivity contribution in [2.75, 3.05) is 13.2 Å². The zero-order valence-electron chi connectivity index (χ0n) is 12.9. The van der Waals surface area contributed by atoms with Gasteiger partial charge in [-0.05, 0) is 18.9 Å². The Balaban J connectivity index is 2.10. The maximum atomic E-state index is 11.5. The minimum absolute atomic E-state index is 0.0155. The molecule has 1 atom stereocenters.